The SMILES string of the molecule is CNC(=O)[C@@]12CCOC[C@@H]1CN(C(=O)NCc1ccc(OC)cn1)C2. The number of aromatic nitrogens is 1. The first-order chi connectivity index (χ1) is 12.1. The van der Waals surface area contributed by atoms with Gasteiger partial charge in [-0.05, 0) is 18.6 Å². The second-order valence-electron chi connectivity index (χ2n) is 6.49. The zero-order valence-electron chi connectivity index (χ0n) is 14.6. The van der Waals surface area contributed by atoms with E-state index in [1.54, 1.807) is 31.3 Å². The van der Waals surface area contributed by atoms with E-state index in [9.17, 15) is 9.59 Å². The Labute approximate surface area is 146 Å². The predicted molar refractivity (Wildman–Crippen MR) is 90.0 cm³/mol. The van der Waals surface area contributed by atoms with Crippen molar-refractivity contribution in [2.75, 3.05) is 40.5 Å². The van der Waals surface area contributed by atoms with E-state index in [1.165, 1.54) is 0 Å². The summed E-state index contributed by atoms with van der Waals surface area (Å²) in [5.41, 5.74) is 0.206. The fraction of sp³-hybridized carbons (Fsp3) is 0.588. The van der Waals surface area contributed by atoms with Crippen LogP contribution in [-0.2, 0) is 16.1 Å². The molecule has 0 saturated carbocycles. The summed E-state index contributed by atoms with van der Waals surface area (Å²) < 4.78 is 10.6. The Morgan fingerprint density at radius 1 is 1.48 bits per heavy atom. The van der Waals surface area contributed by atoms with Crippen molar-refractivity contribution < 1.29 is 19.1 Å². The molecule has 0 aliphatic carbocycles. The Hall–Kier alpha value is -2.35. The molecule has 3 amide bonds. The molecule has 3 rings (SSSR count). The monoisotopic (exact) mass is 348 g/mol. The smallest absolute Gasteiger partial charge is 0.317 e. The van der Waals surface area contributed by atoms with Crippen molar-refractivity contribution in [3.8, 4) is 5.75 Å². The standard InChI is InChI=1S/C17H24N4O4/c1-18-15(22)17-5-6-25-10-12(17)9-21(11-17)16(23)20-7-13-3-4-14(24-2)8-19-13/h3-4,8,12H,5-7,9-11H2,1-2H3,(H,18,22)(H,20,23)/t12-,17+/m0/s1. The van der Waals surface area contributed by atoms with Gasteiger partial charge in [-0.15, -0.1) is 0 Å². The molecule has 2 aliphatic heterocycles. The number of likely N-dealkylation sites (tertiary alicyclic amines) is 1. The van der Waals surface area contributed by atoms with Gasteiger partial charge in [-0.1, -0.05) is 0 Å². The summed E-state index contributed by atoms with van der Waals surface area (Å²) in [6.07, 6.45) is 2.25. The minimum absolute atomic E-state index is 0.00655. The minimum atomic E-state index is -0.539. The fourth-order valence-corrected chi connectivity index (χ4v) is 3.64. The summed E-state index contributed by atoms with van der Waals surface area (Å²) in [6.45, 7) is 2.33. The Kier molecular flexibility index (Phi) is 5.08. The van der Waals surface area contributed by atoms with E-state index < -0.39 is 5.41 Å². The molecule has 0 aromatic carbocycles. The third-order valence-corrected chi connectivity index (χ3v) is 5.13. The van der Waals surface area contributed by atoms with Crippen molar-refractivity contribution in [1.82, 2.24) is 20.5 Å². The van der Waals surface area contributed by atoms with Crippen molar-refractivity contribution >= 4 is 11.9 Å². The highest BCUT2D eigenvalue weighted by Gasteiger charge is 2.54. The lowest BCUT2D eigenvalue weighted by Gasteiger charge is -2.36. The summed E-state index contributed by atoms with van der Waals surface area (Å²) in [6, 6.07) is 3.43. The lowest BCUT2D eigenvalue weighted by molar-refractivity contribution is -0.138. The zero-order valence-corrected chi connectivity index (χ0v) is 14.6. The van der Waals surface area contributed by atoms with Crippen LogP contribution in [0.2, 0.25) is 0 Å². The lowest BCUT2D eigenvalue weighted by Crippen LogP contribution is -2.50. The number of carbonyl (C=O) groups excluding carboxylic acids is 2. The van der Waals surface area contributed by atoms with Crippen LogP contribution in [0.25, 0.3) is 0 Å². The van der Waals surface area contributed by atoms with Gasteiger partial charge in [0, 0.05) is 32.7 Å². The normalized spacial score (nSPS) is 25.2. The van der Waals surface area contributed by atoms with E-state index in [0.29, 0.717) is 45.0 Å². The van der Waals surface area contributed by atoms with Crippen molar-refractivity contribution in [3.05, 3.63) is 24.0 Å². The summed E-state index contributed by atoms with van der Waals surface area (Å²) in [5.74, 6) is 0.699. The van der Waals surface area contributed by atoms with Crippen molar-refractivity contribution in [2.24, 2.45) is 11.3 Å². The quantitative estimate of drug-likeness (QED) is 0.821. The number of nitrogens with one attached hydrogen (secondary N) is 2. The summed E-state index contributed by atoms with van der Waals surface area (Å²) >= 11 is 0. The first-order valence-electron chi connectivity index (χ1n) is 8.40. The topological polar surface area (TPSA) is 92.8 Å². The van der Waals surface area contributed by atoms with E-state index >= 15 is 0 Å². The van der Waals surface area contributed by atoms with E-state index in [4.69, 9.17) is 9.47 Å². The van der Waals surface area contributed by atoms with Gasteiger partial charge in [0.25, 0.3) is 0 Å². The van der Waals surface area contributed by atoms with Crippen LogP contribution in [0.5, 0.6) is 5.75 Å². The Morgan fingerprint density at radius 2 is 2.32 bits per heavy atom. The average molecular weight is 348 g/mol. The molecule has 1 aromatic rings. The van der Waals surface area contributed by atoms with Crippen LogP contribution in [0.3, 0.4) is 0 Å². The Balaban J connectivity index is 1.61. The molecule has 136 valence electrons. The van der Waals surface area contributed by atoms with Gasteiger partial charge in [0.15, 0.2) is 0 Å². The van der Waals surface area contributed by atoms with Crippen LogP contribution < -0.4 is 15.4 Å². The maximum absolute atomic E-state index is 12.5. The van der Waals surface area contributed by atoms with Gasteiger partial charge in [0.05, 0.1) is 37.6 Å². The molecular formula is C17H24N4O4. The molecule has 1 aromatic heterocycles. The number of urea groups is 1. The van der Waals surface area contributed by atoms with E-state index in [1.807, 2.05) is 6.07 Å². The Bertz CT molecular complexity index is 636. The third-order valence-electron chi connectivity index (χ3n) is 5.13. The predicted octanol–water partition coefficient (Wildman–Crippen LogP) is 0.384. The number of pyridine rings is 1. The number of rotatable bonds is 4. The maximum Gasteiger partial charge on any atom is 0.317 e. The molecule has 0 unspecified atom stereocenters. The van der Waals surface area contributed by atoms with Crippen LogP contribution in [0, 0.1) is 11.3 Å². The van der Waals surface area contributed by atoms with Crippen LogP contribution in [0.4, 0.5) is 4.79 Å². The van der Waals surface area contributed by atoms with Gasteiger partial charge in [-0.25, -0.2) is 4.79 Å². The fourth-order valence-electron chi connectivity index (χ4n) is 3.64. The Morgan fingerprint density at radius 3 is 3.00 bits per heavy atom. The number of fused-ring (bicyclic) bond motifs is 1. The number of carbonyl (C=O) groups is 2. The minimum Gasteiger partial charge on any atom is -0.495 e. The van der Waals surface area contributed by atoms with E-state index in [0.717, 1.165) is 5.69 Å². The molecule has 0 bridgehead atoms. The molecular weight excluding hydrogens is 324 g/mol. The zero-order chi connectivity index (χ0) is 17.9. The number of ether oxygens (including phenoxy) is 2. The second kappa shape index (κ2) is 7.26. The molecule has 2 N–H and O–H groups in total. The highest BCUT2D eigenvalue weighted by Crippen LogP contribution is 2.42. The number of amides is 3. The second-order valence-corrected chi connectivity index (χ2v) is 6.49. The number of methoxy groups -OCH3 is 1. The number of hydrogen-bond donors (Lipinski definition) is 2. The lowest BCUT2D eigenvalue weighted by atomic mass is 9.73. The van der Waals surface area contributed by atoms with Gasteiger partial charge in [-0.2, -0.15) is 0 Å². The average Bonchev–Trinajstić information content (AvgIpc) is 3.06. The molecule has 2 atom stereocenters. The summed E-state index contributed by atoms with van der Waals surface area (Å²) in [4.78, 5) is 30.9. The summed E-state index contributed by atoms with van der Waals surface area (Å²) in [5, 5.41) is 5.62. The molecule has 0 spiro atoms. The van der Waals surface area contributed by atoms with Crippen LogP contribution >= 0.6 is 0 Å². The molecule has 8 nitrogen and oxygen atoms in total. The number of hydrogen-bond acceptors (Lipinski definition) is 5. The molecule has 2 aliphatic rings. The van der Waals surface area contributed by atoms with Crippen LogP contribution in [0.1, 0.15) is 12.1 Å². The van der Waals surface area contributed by atoms with Gasteiger partial charge < -0.3 is 25.0 Å². The molecule has 3 heterocycles. The van der Waals surface area contributed by atoms with Crippen molar-refractivity contribution in [2.45, 2.75) is 13.0 Å². The first-order valence-corrected chi connectivity index (χ1v) is 8.40. The first kappa shape index (κ1) is 17.5. The summed E-state index contributed by atoms with van der Waals surface area (Å²) in [7, 11) is 3.22. The van der Waals surface area contributed by atoms with Crippen LogP contribution in [0.15, 0.2) is 18.3 Å². The van der Waals surface area contributed by atoms with Gasteiger partial charge in [0.1, 0.15) is 5.75 Å². The van der Waals surface area contributed by atoms with Gasteiger partial charge in [0.2, 0.25) is 5.91 Å². The largest absolute Gasteiger partial charge is 0.495 e. The highest BCUT2D eigenvalue weighted by atomic mass is 16.5. The molecule has 8 heteroatoms. The maximum atomic E-state index is 12.5. The van der Waals surface area contributed by atoms with E-state index in [-0.39, 0.29) is 17.9 Å². The van der Waals surface area contributed by atoms with Crippen LogP contribution in [-0.4, -0.2) is 62.3 Å². The highest BCUT2D eigenvalue weighted by molar-refractivity contribution is 5.85. The molecule has 2 fully saturated rings. The van der Waals surface area contributed by atoms with E-state index in [2.05, 4.69) is 15.6 Å². The van der Waals surface area contributed by atoms with Crippen molar-refractivity contribution in [3.63, 3.8) is 0 Å². The number of nitrogens with zero attached hydrogens (tertiary/aromatic N) is 2. The van der Waals surface area contributed by atoms with Crippen molar-refractivity contribution in [1.29, 1.82) is 0 Å². The molecule has 25 heavy (non-hydrogen) atoms. The van der Waals surface area contributed by atoms with Gasteiger partial charge >= 0.3 is 6.03 Å². The molecule has 2 saturated heterocycles. The van der Waals surface area contributed by atoms with Gasteiger partial charge in [-0.3, -0.25) is 9.78 Å². The molecule has 0 radical (unpaired) electrons. The third kappa shape index (κ3) is 3.39.